The Hall–Kier alpha value is -1.86. The number of hydrogen-bond acceptors (Lipinski definition) is 6. The minimum absolute atomic E-state index is 0.153. The molecule has 88 valence electrons. The van der Waals surface area contributed by atoms with Crippen LogP contribution in [0, 0.1) is 0 Å². The average Bonchev–Trinajstić information content (AvgIpc) is 2.31. The number of aromatic nitrogens is 2. The monoisotopic (exact) mass is 294 g/mol. The number of nitrogens with two attached hydrogens (primary N) is 2. The Kier molecular flexibility index (Phi) is 3.40. The number of benzene rings is 1. The predicted octanol–water partition coefficient (Wildman–Crippen LogP) is 1.85. The first-order chi connectivity index (χ1) is 8.17. The third-order valence-corrected chi connectivity index (χ3v) is 2.54. The molecule has 7 heteroatoms. The van der Waals surface area contributed by atoms with Crippen LogP contribution in [0.1, 0.15) is 0 Å². The molecule has 0 aliphatic heterocycles. The van der Waals surface area contributed by atoms with E-state index in [0.717, 1.165) is 10.2 Å². The van der Waals surface area contributed by atoms with Gasteiger partial charge in [0, 0.05) is 16.2 Å². The lowest BCUT2D eigenvalue weighted by atomic mass is 10.3. The molecule has 17 heavy (non-hydrogen) atoms. The fourth-order valence-electron chi connectivity index (χ4n) is 1.28. The van der Waals surface area contributed by atoms with Crippen LogP contribution in [0.3, 0.4) is 0 Å². The van der Waals surface area contributed by atoms with E-state index < -0.39 is 0 Å². The molecule has 0 saturated heterocycles. The highest BCUT2D eigenvalue weighted by atomic mass is 79.9. The maximum Gasteiger partial charge on any atom is 0.223 e. The number of hydrazine groups is 1. The maximum absolute atomic E-state index is 5.55. The first-order valence-corrected chi connectivity index (χ1v) is 5.60. The van der Waals surface area contributed by atoms with Crippen molar-refractivity contribution in [1.82, 2.24) is 9.97 Å². The Bertz CT molecular complexity index is 513. The van der Waals surface area contributed by atoms with Crippen molar-refractivity contribution in [2.75, 3.05) is 16.5 Å². The highest BCUT2D eigenvalue weighted by Gasteiger charge is 2.01. The summed E-state index contributed by atoms with van der Waals surface area (Å²) >= 11 is 3.37. The van der Waals surface area contributed by atoms with Gasteiger partial charge in [0.25, 0.3) is 0 Å². The Morgan fingerprint density at radius 3 is 2.35 bits per heavy atom. The molecule has 0 radical (unpaired) electrons. The summed E-state index contributed by atoms with van der Waals surface area (Å²) in [5.74, 6) is 6.46. The Labute approximate surface area is 107 Å². The normalized spacial score (nSPS) is 10.0. The number of halogens is 1. The maximum atomic E-state index is 5.55. The van der Waals surface area contributed by atoms with Gasteiger partial charge in [-0.2, -0.15) is 9.97 Å². The van der Waals surface area contributed by atoms with E-state index in [0.29, 0.717) is 11.6 Å². The van der Waals surface area contributed by atoms with Crippen LogP contribution in [-0.2, 0) is 0 Å². The van der Waals surface area contributed by atoms with Gasteiger partial charge in [0.2, 0.25) is 5.95 Å². The number of nitrogens with one attached hydrogen (secondary N) is 2. The highest BCUT2D eigenvalue weighted by molar-refractivity contribution is 9.10. The molecule has 0 aliphatic carbocycles. The van der Waals surface area contributed by atoms with Crippen molar-refractivity contribution in [3.05, 3.63) is 34.8 Å². The van der Waals surface area contributed by atoms with Crippen LogP contribution in [0.25, 0.3) is 0 Å². The molecule has 0 spiro atoms. The molecule has 0 atom stereocenters. The van der Waals surface area contributed by atoms with Gasteiger partial charge in [-0.15, -0.1) is 0 Å². The Morgan fingerprint density at radius 2 is 1.71 bits per heavy atom. The van der Waals surface area contributed by atoms with E-state index in [2.05, 4.69) is 36.6 Å². The van der Waals surface area contributed by atoms with Crippen LogP contribution in [0.15, 0.2) is 34.8 Å². The van der Waals surface area contributed by atoms with Crippen molar-refractivity contribution in [3.63, 3.8) is 0 Å². The molecule has 0 bridgehead atoms. The summed E-state index contributed by atoms with van der Waals surface area (Å²) in [7, 11) is 0. The van der Waals surface area contributed by atoms with Crippen molar-refractivity contribution >= 4 is 39.2 Å². The SMILES string of the molecule is NNc1cc(Nc2ccc(Br)cc2)nc(N)n1. The lowest BCUT2D eigenvalue weighted by Gasteiger charge is -2.07. The number of nitrogens with zero attached hydrogens (tertiary/aromatic N) is 2. The van der Waals surface area contributed by atoms with Gasteiger partial charge in [-0.25, -0.2) is 5.84 Å². The van der Waals surface area contributed by atoms with Gasteiger partial charge < -0.3 is 16.5 Å². The molecule has 0 amide bonds. The molecule has 1 aromatic carbocycles. The molecular weight excluding hydrogens is 284 g/mol. The van der Waals surface area contributed by atoms with Gasteiger partial charge in [-0.05, 0) is 24.3 Å². The van der Waals surface area contributed by atoms with Gasteiger partial charge in [0.15, 0.2) is 0 Å². The van der Waals surface area contributed by atoms with Gasteiger partial charge in [0.05, 0.1) is 0 Å². The fourth-order valence-corrected chi connectivity index (χ4v) is 1.55. The van der Waals surface area contributed by atoms with Crippen LogP contribution in [-0.4, -0.2) is 9.97 Å². The van der Waals surface area contributed by atoms with Crippen LogP contribution in [0.5, 0.6) is 0 Å². The summed E-state index contributed by atoms with van der Waals surface area (Å²) in [6.45, 7) is 0. The highest BCUT2D eigenvalue weighted by Crippen LogP contribution is 2.19. The molecule has 2 rings (SSSR count). The van der Waals surface area contributed by atoms with Gasteiger partial charge in [-0.3, -0.25) is 0 Å². The second-order valence-corrected chi connectivity index (χ2v) is 4.19. The molecule has 1 aromatic heterocycles. The number of anilines is 4. The molecule has 0 fully saturated rings. The third-order valence-electron chi connectivity index (χ3n) is 2.01. The molecule has 0 saturated carbocycles. The predicted molar refractivity (Wildman–Crippen MR) is 71.7 cm³/mol. The topological polar surface area (TPSA) is 102 Å². The van der Waals surface area contributed by atoms with E-state index >= 15 is 0 Å². The number of rotatable bonds is 3. The molecule has 6 N–H and O–H groups in total. The van der Waals surface area contributed by atoms with Crippen molar-refractivity contribution in [3.8, 4) is 0 Å². The van der Waals surface area contributed by atoms with Crippen LogP contribution in [0.4, 0.5) is 23.3 Å². The zero-order valence-corrected chi connectivity index (χ0v) is 10.4. The van der Waals surface area contributed by atoms with E-state index in [4.69, 9.17) is 11.6 Å². The summed E-state index contributed by atoms with van der Waals surface area (Å²) in [4.78, 5) is 7.94. The Morgan fingerprint density at radius 1 is 1.06 bits per heavy atom. The summed E-state index contributed by atoms with van der Waals surface area (Å²) < 4.78 is 1.01. The van der Waals surface area contributed by atoms with E-state index in [1.807, 2.05) is 24.3 Å². The summed E-state index contributed by atoms with van der Waals surface area (Å²) in [6.07, 6.45) is 0. The minimum Gasteiger partial charge on any atom is -0.368 e. The first-order valence-electron chi connectivity index (χ1n) is 4.81. The molecular formula is C10H11BrN6. The summed E-state index contributed by atoms with van der Waals surface area (Å²) in [5.41, 5.74) is 8.87. The zero-order valence-electron chi connectivity index (χ0n) is 8.81. The number of hydrogen-bond donors (Lipinski definition) is 4. The van der Waals surface area contributed by atoms with Gasteiger partial charge >= 0.3 is 0 Å². The molecule has 2 aromatic rings. The first kappa shape index (κ1) is 11.6. The van der Waals surface area contributed by atoms with Crippen LogP contribution < -0.4 is 22.3 Å². The average molecular weight is 295 g/mol. The zero-order chi connectivity index (χ0) is 12.3. The van der Waals surface area contributed by atoms with E-state index in [1.165, 1.54) is 0 Å². The quantitative estimate of drug-likeness (QED) is 0.509. The minimum atomic E-state index is 0.153. The lowest BCUT2D eigenvalue weighted by Crippen LogP contribution is -2.11. The van der Waals surface area contributed by atoms with Crippen LogP contribution in [0.2, 0.25) is 0 Å². The van der Waals surface area contributed by atoms with E-state index in [1.54, 1.807) is 6.07 Å². The van der Waals surface area contributed by atoms with Crippen molar-refractivity contribution < 1.29 is 0 Å². The summed E-state index contributed by atoms with van der Waals surface area (Å²) in [6, 6.07) is 9.35. The molecule has 1 heterocycles. The third kappa shape index (κ3) is 3.05. The molecule has 0 aliphatic rings. The fraction of sp³-hybridized carbons (Fsp3) is 0. The van der Waals surface area contributed by atoms with Crippen LogP contribution >= 0.6 is 15.9 Å². The van der Waals surface area contributed by atoms with E-state index in [-0.39, 0.29) is 5.95 Å². The van der Waals surface area contributed by atoms with Crippen molar-refractivity contribution in [1.29, 1.82) is 0 Å². The standard InChI is InChI=1S/C10H11BrN6/c11-6-1-3-7(4-2-6)14-8-5-9(17-13)16-10(12)15-8/h1-5H,13H2,(H4,12,14,15,16,17). The van der Waals surface area contributed by atoms with Crippen molar-refractivity contribution in [2.45, 2.75) is 0 Å². The Balaban J connectivity index is 2.23. The van der Waals surface area contributed by atoms with Gasteiger partial charge in [-0.1, -0.05) is 15.9 Å². The lowest BCUT2D eigenvalue weighted by molar-refractivity contribution is 1.15. The molecule has 6 nitrogen and oxygen atoms in total. The molecule has 0 unspecified atom stereocenters. The van der Waals surface area contributed by atoms with Crippen molar-refractivity contribution in [2.24, 2.45) is 5.84 Å². The second kappa shape index (κ2) is 4.98. The summed E-state index contributed by atoms with van der Waals surface area (Å²) in [5, 5.41) is 3.10. The smallest absolute Gasteiger partial charge is 0.223 e. The number of nitrogen functional groups attached to an aromatic ring is 2. The van der Waals surface area contributed by atoms with Gasteiger partial charge in [0.1, 0.15) is 11.6 Å². The van der Waals surface area contributed by atoms with E-state index in [9.17, 15) is 0 Å². The second-order valence-electron chi connectivity index (χ2n) is 3.27. The largest absolute Gasteiger partial charge is 0.368 e.